The van der Waals surface area contributed by atoms with Crippen LogP contribution in [-0.2, 0) is 4.79 Å². The van der Waals surface area contributed by atoms with Crippen LogP contribution in [0.5, 0.6) is 5.75 Å². The van der Waals surface area contributed by atoms with Crippen molar-refractivity contribution in [3.8, 4) is 5.75 Å². The van der Waals surface area contributed by atoms with E-state index in [1.165, 1.54) is 50.2 Å². The third kappa shape index (κ3) is 4.19. The molecule has 2 aromatic carbocycles. The van der Waals surface area contributed by atoms with Crippen LogP contribution in [0.25, 0.3) is 0 Å². The van der Waals surface area contributed by atoms with Crippen molar-refractivity contribution in [2.24, 2.45) is 5.73 Å². The standard InChI is InChI=1S/C17H16ClFN2O4/c1-17(2,15(22)23)25-12-6-3-10(4-7-12)21(16(20)24)11-5-8-14(19)13(18)9-11/h3-9H,1-2H3,(H2,20,24)(H,22,23). The zero-order valence-corrected chi connectivity index (χ0v) is 14.2. The van der Waals surface area contributed by atoms with E-state index < -0.39 is 23.4 Å². The summed E-state index contributed by atoms with van der Waals surface area (Å²) in [5.74, 6) is -1.43. The Balaban J connectivity index is 2.32. The normalized spacial score (nSPS) is 11.0. The Bertz CT molecular complexity index is 809. The van der Waals surface area contributed by atoms with E-state index in [0.29, 0.717) is 17.1 Å². The number of hydrogen-bond acceptors (Lipinski definition) is 3. The molecule has 132 valence electrons. The van der Waals surface area contributed by atoms with Gasteiger partial charge in [-0.15, -0.1) is 0 Å². The number of ether oxygens (including phenoxy) is 1. The van der Waals surface area contributed by atoms with Crippen LogP contribution in [0.2, 0.25) is 5.02 Å². The summed E-state index contributed by atoms with van der Waals surface area (Å²) in [5.41, 5.74) is 4.68. The number of hydrogen-bond donors (Lipinski definition) is 2. The number of nitrogens with zero attached hydrogens (tertiary/aromatic N) is 1. The second kappa shape index (κ2) is 6.98. The van der Waals surface area contributed by atoms with Crippen molar-refractivity contribution in [1.29, 1.82) is 0 Å². The average Bonchev–Trinajstić information content (AvgIpc) is 2.52. The van der Waals surface area contributed by atoms with Gasteiger partial charge in [0, 0.05) is 0 Å². The van der Waals surface area contributed by atoms with Crippen LogP contribution in [0.4, 0.5) is 20.6 Å². The number of aliphatic carboxylic acids is 1. The Morgan fingerprint density at radius 3 is 2.20 bits per heavy atom. The second-order valence-corrected chi connectivity index (χ2v) is 6.09. The molecule has 2 rings (SSSR count). The molecule has 0 saturated heterocycles. The molecule has 0 saturated carbocycles. The van der Waals surface area contributed by atoms with Gasteiger partial charge in [0.15, 0.2) is 5.60 Å². The van der Waals surface area contributed by atoms with Crippen LogP contribution in [0.3, 0.4) is 0 Å². The molecule has 8 heteroatoms. The number of carboxylic acids is 1. The molecular formula is C17H16ClFN2O4. The highest BCUT2D eigenvalue weighted by Gasteiger charge is 2.29. The smallest absolute Gasteiger partial charge is 0.347 e. The van der Waals surface area contributed by atoms with Gasteiger partial charge in [-0.05, 0) is 56.3 Å². The first-order chi connectivity index (χ1) is 11.6. The summed E-state index contributed by atoms with van der Waals surface area (Å²) in [7, 11) is 0. The summed E-state index contributed by atoms with van der Waals surface area (Å²) < 4.78 is 18.7. The lowest BCUT2D eigenvalue weighted by molar-refractivity contribution is -0.152. The van der Waals surface area contributed by atoms with Gasteiger partial charge in [-0.1, -0.05) is 11.6 Å². The molecular weight excluding hydrogens is 351 g/mol. The first kappa shape index (κ1) is 18.5. The first-order valence-corrected chi connectivity index (χ1v) is 7.56. The van der Waals surface area contributed by atoms with Gasteiger partial charge < -0.3 is 15.6 Å². The summed E-state index contributed by atoms with van der Waals surface area (Å²) in [6, 6.07) is 9.03. The number of rotatable bonds is 5. The number of nitrogens with two attached hydrogens (primary N) is 1. The molecule has 2 aromatic rings. The molecule has 0 fully saturated rings. The predicted octanol–water partition coefficient (Wildman–Crippen LogP) is 3.94. The number of urea groups is 1. The van der Waals surface area contributed by atoms with Crippen molar-refractivity contribution < 1.29 is 23.8 Å². The van der Waals surface area contributed by atoms with Crippen molar-refractivity contribution in [3.63, 3.8) is 0 Å². The maximum absolute atomic E-state index is 13.3. The molecule has 0 aliphatic heterocycles. The fourth-order valence-electron chi connectivity index (χ4n) is 2.03. The third-order valence-electron chi connectivity index (χ3n) is 3.36. The van der Waals surface area contributed by atoms with Crippen molar-refractivity contribution in [1.82, 2.24) is 0 Å². The first-order valence-electron chi connectivity index (χ1n) is 7.19. The highest BCUT2D eigenvalue weighted by molar-refractivity contribution is 6.31. The number of amides is 2. The lowest BCUT2D eigenvalue weighted by atomic mass is 10.1. The molecule has 25 heavy (non-hydrogen) atoms. The number of carbonyl (C=O) groups is 2. The summed E-state index contributed by atoms with van der Waals surface area (Å²) in [6.45, 7) is 2.83. The monoisotopic (exact) mass is 366 g/mol. The Kier molecular flexibility index (Phi) is 5.18. The summed E-state index contributed by atoms with van der Waals surface area (Å²) in [5, 5.41) is 8.93. The van der Waals surface area contributed by atoms with E-state index in [9.17, 15) is 14.0 Å². The van der Waals surface area contributed by atoms with Crippen molar-refractivity contribution in [2.45, 2.75) is 19.4 Å². The molecule has 0 aliphatic carbocycles. The molecule has 0 unspecified atom stereocenters. The van der Waals surface area contributed by atoms with Gasteiger partial charge in [0.05, 0.1) is 16.4 Å². The minimum atomic E-state index is -1.41. The molecule has 0 bridgehead atoms. The largest absolute Gasteiger partial charge is 0.478 e. The minimum Gasteiger partial charge on any atom is -0.478 e. The topological polar surface area (TPSA) is 92.9 Å². The number of anilines is 2. The highest BCUT2D eigenvalue weighted by Crippen LogP contribution is 2.30. The Labute approximate surface area is 148 Å². The number of primary amides is 1. The number of carboxylic acid groups (broad SMARTS) is 1. The minimum absolute atomic E-state index is 0.146. The molecule has 0 atom stereocenters. The van der Waals surface area contributed by atoms with Crippen molar-refractivity contribution in [2.75, 3.05) is 4.90 Å². The van der Waals surface area contributed by atoms with E-state index in [4.69, 9.17) is 27.2 Å². The quantitative estimate of drug-likeness (QED) is 0.838. The van der Waals surface area contributed by atoms with Crippen LogP contribution >= 0.6 is 11.6 Å². The van der Waals surface area contributed by atoms with Crippen LogP contribution < -0.4 is 15.4 Å². The van der Waals surface area contributed by atoms with Crippen molar-refractivity contribution >= 4 is 35.0 Å². The second-order valence-electron chi connectivity index (χ2n) is 5.68. The average molecular weight is 367 g/mol. The lowest BCUT2D eigenvalue weighted by Crippen LogP contribution is -2.37. The summed E-state index contributed by atoms with van der Waals surface area (Å²) >= 11 is 5.75. The van der Waals surface area contributed by atoms with E-state index >= 15 is 0 Å². The van der Waals surface area contributed by atoms with Gasteiger partial charge in [0.2, 0.25) is 0 Å². The van der Waals surface area contributed by atoms with E-state index in [1.54, 1.807) is 0 Å². The molecule has 6 nitrogen and oxygen atoms in total. The molecule has 0 spiro atoms. The Morgan fingerprint density at radius 1 is 1.16 bits per heavy atom. The molecule has 3 N–H and O–H groups in total. The summed E-state index contributed by atoms with van der Waals surface area (Å²) in [4.78, 5) is 24.0. The van der Waals surface area contributed by atoms with Gasteiger partial charge in [-0.2, -0.15) is 0 Å². The maximum Gasteiger partial charge on any atom is 0.347 e. The lowest BCUT2D eigenvalue weighted by Gasteiger charge is -2.23. The van der Waals surface area contributed by atoms with Gasteiger partial charge in [0.25, 0.3) is 0 Å². The summed E-state index contributed by atoms with van der Waals surface area (Å²) in [6.07, 6.45) is 0. The Morgan fingerprint density at radius 2 is 1.72 bits per heavy atom. The fraction of sp³-hybridized carbons (Fsp3) is 0.176. The molecule has 0 heterocycles. The van der Waals surface area contributed by atoms with E-state index in [1.807, 2.05) is 0 Å². The fourth-order valence-corrected chi connectivity index (χ4v) is 2.20. The van der Waals surface area contributed by atoms with Gasteiger partial charge in [-0.25, -0.2) is 14.0 Å². The van der Waals surface area contributed by atoms with Gasteiger partial charge in [-0.3, -0.25) is 4.90 Å². The van der Waals surface area contributed by atoms with Crippen LogP contribution in [-0.4, -0.2) is 22.7 Å². The van der Waals surface area contributed by atoms with Crippen LogP contribution in [0.1, 0.15) is 13.8 Å². The molecule has 0 aromatic heterocycles. The highest BCUT2D eigenvalue weighted by atomic mass is 35.5. The SMILES string of the molecule is CC(C)(Oc1ccc(N(C(N)=O)c2ccc(F)c(Cl)c2)cc1)C(=O)O. The molecule has 0 radical (unpaired) electrons. The van der Waals surface area contributed by atoms with Crippen molar-refractivity contribution in [3.05, 3.63) is 53.3 Å². The number of benzene rings is 2. The van der Waals surface area contributed by atoms with E-state index in [-0.39, 0.29) is 5.02 Å². The molecule has 2 amide bonds. The van der Waals surface area contributed by atoms with E-state index in [0.717, 1.165) is 11.0 Å². The van der Waals surface area contributed by atoms with Gasteiger partial charge in [0.1, 0.15) is 11.6 Å². The van der Waals surface area contributed by atoms with E-state index in [2.05, 4.69) is 0 Å². The zero-order valence-electron chi connectivity index (χ0n) is 13.5. The van der Waals surface area contributed by atoms with Crippen LogP contribution in [0, 0.1) is 5.82 Å². The number of halogens is 2. The maximum atomic E-state index is 13.3. The predicted molar refractivity (Wildman–Crippen MR) is 91.9 cm³/mol. The number of carbonyl (C=O) groups excluding carboxylic acids is 1. The van der Waals surface area contributed by atoms with Gasteiger partial charge >= 0.3 is 12.0 Å². The zero-order chi connectivity index (χ0) is 18.8. The molecule has 0 aliphatic rings. The Hall–Kier alpha value is -2.80. The van der Waals surface area contributed by atoms with Crippen LogP contribution in [0.15, 0.2) is 42.5 Å². The third-order valence-corrected chi connectivity index (χ3v) is 3.65.